The van der Waals surface area contributed by atoms with Crippen molar-refractivity contribution in [1.82, 2.24) is 15.3 Å². The maximum absolute atomic E-state index is 5.69. The number of nitrogens with one attached hydrogen (secondary N) is 2. The molecule has 100 valence electrons. The number of anilines is 1. The summed E-state index contributed by atoms with van der Waals surface area (Å²) in [7, 11) is 1.68. The smallest absolute Gasteiger partial charge is 0.130 e. The second kappa shape index (κ2) is 6.63. The Morgan fingerprint density at radius 2 is 2.44 bits per heavy atom. The molecule has 1 aliphatic rings. The monoisotopic (exact) mass is 252 g/mol. The number of methoxy groups -OCH3 is 1. The van der Waals surface area contributed by atoms with Crippen LogP contribution in [0.1, 0.15) is 17.6 Å². The van der Waals surface area contributed by atoms with E-state index in [1.807, 2.05) is 13.0 Å². The van der Waals surface area contributed by atoms with Gasteiger partial charge in [0.25, 0.3) is 0 Å². The highest BCUT2D eigenvalue weighted by Gasteiger charge is 2.18. The van der Waals surface area contributed by atoms with Crippen molar-refractivity contribution >= 4 is 5.82 Å². The summed E-state index contributed by atoms with van der Waals surface area (Å²) < 4.78 is 10.7. The molecule has 1 aromatic rings. The van der Waals surface area contributed by atoms with E-state index in [1.165, 1.54) is 0 Å². The summed E-state index contributed by atoms with van der Waals surface area (Å²) in [5.41, 5.74) is 0.926. The highest BCUT2D eigenvalue weighted by Crippen LogP contribution is 2.19. The number of hydrogen-bond donors (Lipinski definition) is 2. The van der Waals surface area contributed by atoms with Crippen molar-refractivity contribution < 1.29 is 9.47 Å². The SMILES string of the molecule is COCCNc1cc(C2CNCCO2)nc(C)n1. The summed E-state index contributed by atoms with van der Waals surface area (Å²) in [6, 6.07) is 1.94. The lowest BCUT2D eigenvalue weighted by Crippen LogP contribution is -2.34. The van der Waals surface area contributed by atoms with Crippen molar-refractivity contribution in [3.8, 4) is 0 Å². The summed E-state index contributed by atoms with van der Waals surface area (Å²) in [6.07, 6.45) is 0.0171. The lowest BCUT2D eigenvalue weighted by atomic mass is 10.2. The molecule has 0 saturated carbocycles. The molecule has 0 amide bonds. The molecule has 2 rings (SSSR count). The minimum atomic E-state index is 0.0171. The first-order valence-corrected chi connectivity index (χ1v) is 6.20. The van der Waals surface area contributed by atoms with E-state index in [-0.39, 0.29) is 6.10 Å². The molecule has 6 heteroatoms. The lowest BCUT2D eigenvalue weighted by Gasteiger charge is -2.23. The first kappa shape index (κ1) is 13.2. The average Bonchev–Trinajstić information content (AvgIpc) is 2.39. The zero-order chi connectivity index (χ0) is 12.8. The minimum Gasteiger partial charge on any atom is -0.383 e. The first-order valence-electron chi connectivity index (χ1n) is 6.20. The first-order chi connectivity index (χ1) is 8.79. The lowest BCUT2D eigenvalue weighted by molar-refractivity contribution is 0.0249. The number of hydrogen-bond acceptors (Lipinski definition) is 6. The van der Waals surface area contributed by atoms with E-state index >= 15 is 0 Å². The molecule has 6 nitrogen and oxygen atoms in total. The molecule has 2 heterocycles. The van der Waals surface area contributed by atoms with E-state index in [0.29, 0.717) is 6.61 Å². The van der Waals surface area contributed by atoms with Crippen LogP contribution in [0.25, 0.3) is 0 Å². The van der Waals surface area contributed by atoms with E-state index in [0.717, 1.165) is 43.6 Å². The standard InChI is InChI=1S/C12H20N4O2/c1-9-15-10(11-8-13-3-6-18-11)7-12(16-9)14-4-5-17-2/h7,11,13H,3-6,8H2,1-2H3,(H,14,15,16). The topological polar surface area (TPSA) is 68.3 Å². The Morgan fingerprint density at radius 3 is 3.17 bits per heavy atom. The number of aryl methyl sites for hydroxylation is 1. The van der Waals surface area contributed by atoms with Gasteiger partial charge in [-0.1, -0.05) is 0 Å². The van der Waals surface area contributed by atoms with Crippen molar-refractivity contribution in [2.45, 2.75) is 13.0 Å². The van der Waals surface area contributed by atoms with Crippen molar-refractivity contribution in [3.05, 3.63) is 17.6 Å². The number of morpholine rings is 1. The van der Waals surface area contributed by atoms with Crippen LogP contribution in [0, 0.1) is 6.92 Å². The van der Waals surface area contributed by atoms with Gasteiger partial charge in [-0.05, 0) is 6.92 Å². The molecule has 0 bridgehead atoms. The van der Waals surface area contributed by atoms with E-state index in [4.69, 9.17) is 9.47 Å². The third kappa shape index (κ3) is 3.63. The van der Waals surface area contributed by atoms with Crippen LogP contribution in [0.15, 0.2) is 6.07 Å². The number of aromatic nitrogens is 2. The highest BCUT2D eigenvalue weighted by atomic mass is 16.5. The normalized spacial score (nSPS) is 19.8. The van der Waals surface area contributed by atoms with Crippen LogP contribution in [0.5, 0.6) is 0 Å². The van der Waals surface area contributed by atoms with Gasteiger partial charge in [-0.3, -0.25) is 0 Å². The van der Waals surface area contributed by atoms with Crippen LogP contribution in [0.4, 0.5) is 5.82 Å². The Morgan fingerprint density at radius 1 is 1.56 bits per heavy atom. The van der Waals surface area contributed by atoms with Gasteiger partial charge < -0.3 is 20.1 Å². The van der Waals surface area contributed by atoms with E-state index in [1.54, 1.807) is 7.11 Å². The molecule has 0 aromatic carbocycles. The largest absolute Gasteiger partial charge is 0.383 e. The van der Waals surface area contributed by atoms with Crippen LogP contribution in [0.3, 0.4) is 0 Å². The Labute approximate surface area is 107 Å². The molecule has 0 radical (unpaired) electrons. The predicted octanol–water partition coefficient (Wildman–Crippen LogP) is 0.504. The van der Waals surface area contributed by atoms with Crippen molar-refractivity contribution in [2.75, 3.05) is 45.3 Å². The maximum Gasteiger partial charge on any atom is 0.130 e. The molecule has 1 unspecified atom stereocenters. The van der Waals surface area contributed by atoms with Crippen LogP contribution in [-0.4, -0.2) is 49.9 Å². The second-order valence-corrected chi connectivity index (χ2v) is 4.21. The van der Waals surface area contributed by atoms with Gasteiger partial charge in [-0.15, -0.1) is 0 Å². The van der Waals surface area contributed by atoms with Crippen molar-refractivity contribution in [3.63, 3.8) is 0 Å². The summed E-state index contributed by atoms with van der Waals surface area (Å²) >= 11 is 0. The van der Waals surface area contributed by atoms with Gasteiger partial charge in [0.2, 0.25) is 0 Å². The minimum absolute atomic E-state index is 0.0171. The third-order valence-electron chi connectivity index (χ3n) is 2.73. The Kier molecular flexibility index (Phi) is 4.86. The van der Waals surface area contributed by atoms with Crippen LogP contribution >= 0.6 is 0 Å². The Bertz CT molecular complexity index is 380. The molecule has 18 heavy (non-hydrogen) atoms. The molecular weight excluding hydrogens is 232 g/mol. The molecule has 1 fully saturated rings. The zero-order valence-corrected chi connectivity index (χ0v) is 10.9. The van der Waals surface area contributed by atoms with Crippen LogP contribution in [-0.2, 0) is 9.47 Å². The van der Waals surface area contributed by atoms with E-state index < -0.39 is 0 Å². The Balaban J connectivity index is 2.05. The Hall–Kier alpha value is -1.24. The fourth-order valence-electron chi connectivity index (χ4n) is 1.88. The molecule has 1 atom stereocenters. The zero-order valence-electron chi connectivity index (χ0n) is 10.9. The fraction of sp³-hybridized carbons (Fsp3) is 0.667. The van der Waals surface area contributed by atoms with Gasteiger partial charge in [0, 0.05) is 32.8 Å². The van der Waals surface area contributed by atoms with Crippen molar-refractivity contribution in [1.29, 1.82) is 0 Å². The van der Waals surface area contributed by atoms with Crippen molar-refractivity contribution in [2.24, 2.45) is 0 Å². The molecule has 1 aliphatic heterocycles. The quantitative estimate of drug-likeness (QED) is 0.744. The fourth-order valence-corrected chi connectivity index (χ4v) is 1.88. The summed E-state index contributed by atoms with van der Waals surface area (Å²) in [5.74, 6) is 1.57. The van der Waals surface area contributed by atoms with Gasteiger partial charge in [-0.25, -0.2) is 9.97 Å². The molecule has 0 spiro atoms. The van der Waals surface area contributed by atoms with Gasteiger partial charge in [0.05, 0.1) is 18.9 Å². The van der Waals surface area contributed by atoms with E-state index in [2.05, 4.69) is 20.6 Å². The summed E-state index contributed by atoms with van der Waals surface area (Å²) in [5, 5.41) is 6.51. The highest BCUT2D eigenvalue weighted by molar-refractivity contribution is 5.36. The van der Waals surface area contributed by atoms with Gasteiger partial charge in [-0.2, -0.15) is 0 Å². The van der Waals surface area contributed by atoms with Gasteiger partial charge >= 0.3 is 0 Å². The second-order valence-electron chi connectivity index (χ2n) is 4.21. The molecule has 1 saturated heterocycles. The molecule has 0 aliphatic carbocycles. The number of rotatable bonds is 5. The molecule has 2 N–H and O–H groups in total. The van der Waals surface area contributed by atoms with E-state index in [9.17, 15) is 0 Å². The molecule has 1 aromatic heterocycles. The van der Waals surface area contributed by atoms with Crippen LogP contribution < -0.4 is 10.6 Å². The summed E-state index contributed by atoms with van der Waals surface area (Å²) in [4.78, 5) is 8.79. The number of nitrogens with zero attached hydrogens (tertiary/aromatic N) is 2. The third-order valence-corrected chi connectivity index (χ3v) is 2.73. The van der Waals surface area contributed by atoms with Gasteiger partial charge in [0.1, 0.15) is 17.7 Å². The number of ether oxygens (including phenoxy) is 2. The maximum atomic E-state index is 5.69. The average molecular weight is 252 g/mol. The summed E-state index contributed by atoms with van der Waals surface area (Å²) in [6.45, 7) is 5.70. The van der Waals surface area contributed by atoms with Crippen LogP contribution in [0.2, 0.25) is 0 Å². The molecular formula is C12H20N4O2. The predicted molar refractivity (Wildman–Crippen MR) is 68.7 cm³/mol. The van der Waals surface area contributed by atoms with Gasteiger partial charge in [0.15, 0.2) is 0 Å².